The summed E-state index contributed by atoms with van der Waals surface area (Å²) in [6.07, 6.45) is 2.21. The Bertz CT molecular complexity index is 765. The summed E-state index contributed by atoms with van der Waals surface area (Å²) in [5.41, 5.74) is 0.737. The van der Waals surface area contributed by atoms with Crippen LogP contribution in [0.1, 0.15) is 22.8 Å². The Balaban J connectivity index is 1.86. The third kappa shape index (κ3) is 2.91. The molecule has 0 radical (unpaired) electrons. The van der Waals surface area contributed by atoms with Crippen LogP contribution in [0.4, 0.5) is 5.69 Å². The molecule has 0 saturated carbocycles. The van der Waals surface area contributed by atoms with Crippen LogP contribution in [-0.4, -0.2) is 21.2 Å². The molecule has 1 aromatic carbocycles. The Labute approximate surface area is 128 Å². The molecule has 2 heterocycles. The van der Waals surface area contributed by atoms with Gasteiger partial charge in [-0.3, -0.25) is 0 Å². The Morgan fingerprint density at radius 2 is 2.14 bits per heavy atom. The molecule has 6 heteroatoms. The quantitative estimate of drug-likeness (QED) is 0.942. The van der Waals surface area contributed by atoms with Gasteiger partial charge in [0.25, 0.3) is 0 Å². The lowest BCUT2D eigenvalue weighted by atomic mass is 10.2. The van der Waals surface area contributed by atoms with Gasteiger partial charge in [0.2, 0.25) is 0 Å². The standard InChI is InChI=1S/C15H17NO3S2/c1-3-10-4-7-15(20-10)14-9-16-12-8-11(21(2,17)18)5-6-13(12)19-14/h4-8,14,16H,3,9H2,1-2H3. The van der Waals surface area contributed by atoms with Crippen LogP contribution >= 0.6 is 11.3 Å². The van der Waals surface area contributed by atoms with Gasteiger partial charge >= 0.3 is 0 Å². The molecule has 1 aliphatic heterocycles. The van der Waals surface area contributed by atoms with Gasteiger partial charge in [0, 0.05) is 16.0 Å². The molecule has 0 aliphatic carbocycles. The molecule has 0 amide bonds. The summed E-state index contributed by atoms with van der Waals surface area (Å²) in [4.78, 5) is 2.84. The number of fused-ring (bicyclic) bond motifs is 1. The molecule has 1 unspecified atom stereocenters. The first-order chi connectivity index (χ1) is 9.97. The van der Waals surface area contributed by atoms with Crippen LogP contribution in [0.15, 0.2) is 35.2 Å². The molecule has 112 valence electrons. The Morgan fingerprint density at radius 3 is 2.81 bits per heavy atom. The van der Waals surface area contributed by atoms with E-state index < -0.39 is 9.84 Å². The fourth-order valence-electron chi connectivity index (χ4n) is 2.29. The number of hydrogen-bond donors (Lipinski definition) is 1. The number of thiophene rings is 1. The number of nitrogens with one attached hydrogen (secondary N) is 1. The summed E-state index contributed by atoms with van der Waals surface area (Å²) in [7, 11) is -3.20. The molecule has 1 N–H and O–H groups in total. The second kappa shape index (κ2) is 5.35. The third-order valence-corrected chi connectivity index (χ3v) is 5.91. The third-order valence-electron chi connectivity index (χ3n) is 3.47. The van der Waals surface area contributed by atoms with Crippen LogP contribution in [0.3, 0.4) is 0 Å². The van der Waals surface area contributed by atoms with Crippen LogP contribution < -0.4 is 10.1 Å². The smallest absolute Gasteiger partial charge is 0.175 e. The lowest BCUT2D eigenvalue weighted by Crippen LogP contribution is -2.23. The Morgan fingerprint density at radius 1 is 1.33 bits per heavy atom. The predicted octanol–water partition coefficient (Wildman–Crippen LogP) is 3.26. The molecule has 1 atom stereocenters. The minimum absolute atomic E-state index is 0.0214. The molecule has 0 fully saturated rings. The van der Waals surface area contributed by atoms with E-state index in [1.54, 1.807) is 29.5 Å². The van der Waals surface area contributed by atoms with Gasteiger partial charge in [-0.05, 0) is 36.8 Å². The van der Waals surface area contributed by atoms with E-state index in [2.05, 4.69) is 24.4 Å². The summed E-state index contributed by atoms with van der Waals surface area (Å²) >= 11 is 1.76. The zero-order valence-corrected chi connectivity index (χ0v) is 13.6. The fourth-order valence-corrected chi connectivity index (χ4v) is 3.92. The second-order valence-electron chi connectivity index (χ2n) is 5.08. The lowest BCUT2D eigenvalue weighted by molar-refractivity contribution is 0.214. The highest BCUT2D eigenvalue weighted by atomic mass is 32.2. The van der Waals surface area contributed by atoms with Crippen LogP contribution in [0.2, 0.25) is 0 Å². The number of sulfone groups is 1. The highest BCUT2D eigenvalue weighted by molar-refractivity contribution is 7.90. The number of rotatable bonds is 3. The van der Waals surface area contributed by atoms with Crippen LogP contribution in [0, 0.1) is 0 Å². The van der Waals surface area contributed by atoms with E-state index in [4.69, 9.17) is 4.74 Å². The van der Waals surface area contributed by atoms with Gasteiger partial charge in [0.1, 0.15) is 5.75 Å². The van der Waals surface area contributed by atoms with Gasteiger partial charge in [0.15, 0.2) is 15.9 Å². The van der Waals surface area contributed by atoms with Crippen molar-refractivity contribution in [1.29, 1.82) is 0 Å². The number of hydrogen-bond acceptors (Lipinski definition) is 5. The number of anilines is 1. The Kier molecular flexibility index (Phi) is 3.67. The minimum Gasteiger partial charge on any atom is -0.481 e. The predicted molar refractivity (Wildman–Crippen MR) is 85.1 cm³/mol. The SMILES string of the molecule is CCc1ccc(C2CNc3cc(S(C)(=O)=O)ccc3O2)s1. The summed E-state index contributed by atoms with van der Waals surface area (Å²) < 4.78 is 29.1. The van der Waals surface area contributed by atoms with Crippen molar-refractivity contribution in [2.24, 2.45) is 0 Å². The van der Waals surface area contributed by atoms with Gasteiger partial charge in [-0.25, -0.2) is 8.42 Å². The molecule has 0 spiro atoms. The maximum Gasteiger partial charge on any atom is 0.175 e. The van der Waals surface area contributed by atoms with Crippen molar-refractivity contribution in [3.8, 4) is 5.75 Å². The Hall–Kier alpha value is -1.53. The fraction of sp³-hybridized carbons (Fsp3) is 0.333. The minimum atomic E-state index is -3.20. The molecular formula is C15H17NO3S2. The average Bonchev–Trinajstić information content (AvgIpc) is 2.94. The van der Waals surface area contributed by atoms with E-state index in [-0.39, 0.29) is 6.10 Å². The van der Waals surface area contributed by atoms with E-state index in [1.807, 2.05) is 0 Å². The highest BCUT2D eigenvalue weighted by Gasteiger charge is 2.23. The van der Waals surface area contributed by atoms with Crippen LogP contribution in [0.5, 0.6) is 5.75 Å². The maximum atomic E-state index is 11.6. The monoisotopic (exact) mass is 323 g/mol. The summed E-state index contributed by atoms with van der Waals surface area (Å²) in [5, 5.41) is 3.27. The summed E-state index contributed by atoms with van der Waals surface area (Å²) in [6.45, 7) is 2.78. The van der Waals surface area contributed by atoms with Crippen molar-refractivity contribution in [1.82, 2.24) is 0 Å². The first-order valence-corrected chi connectivity index (χ1v) is 9.51. The largest absolute Gasteiger partial charge is 0.481 e. The maximum absolute atomic E-state index is 11.6. The summed E-state index contributed by atoms with van der Waals surface area (Å²) in [5.74, 6) is 0.699. The van der Waals surface area contributed by atoms with Crippen molar-refractivity contribution < 1.29 is 13.2 Å². The molecule has 21 heavy (non-hydrogen) atoms. The topological polar surface area (TPSA) is 55.4 Å². The van der Waals surface area contributed by atoms with Gasteiger partial charge in [-0.15, -0.1) is 11.3 Å². The first kappa shape index (κ1) is 14.4. The van der Waals surface area contributed by atoms with Gasteiger partial charge in [-0.2, -0.15) is 0 Å². The van der Waals surface area contributed by atoms with E-state index >= 15 is 0 Å². The molecule has 0 saturated heterocycles. The molecular weight excluding hydrogens is 306 g/mol. The van der Waals surface area contributed by atoms with Crippen LogP contribution in [0.25, 0.3) is 0 Å². The number of benzene rings is 1. The molecule has 2 aromatic rings. The van der Waals surface area contributed by atoms with Crippen molar-refractivity contribution >= 4 is 26.9 Å². The normalized spacial score (nSPS) is 17.7. The molecule has 0 bridgehead atoms. The van der Waals surface area contributed by atoms with E-state index in [0.29, 0.717) is 17.2 Å². The van der Waals surface area contributed by atoms with Gasteiger partial charge < -0.3 is 10.1 Å². The zero-order valence-electron chi connectivity index (χ0n) is 11.9. The first-order valence-electron chi connectivity index (χ1n) is 6.80. The lowest BCUT2D eigenvalue weighted by Gasteiger charge is -2.27. The van der Waals surface area contributed by atoms with Crippen molar-refractivity contribution in [2.45, 2.75) is 24.3 Å². The molecule has 4 nitrogen and oxygen atoms in total. The van der Waals surface area contributed by atoms with Gasteiger partial charge in [0.05, 0.1) is 17.1 Å². The van der Waals surface area contributed by atoms with Crippen LogP contribution in [-0.2, 0) is 16.3 Å². The van der Waals surface area contributed by atoms with Crippen molar-refractivity contribution in [3.05, 3.63) is 40.1 Å². The molecule has 1 aromatic heterocycles. The van der Waals surface area contributed by atoms with Crippen molar-refractivity contribution in [3.63, 3.8) is 0 Å². The van der Waals surface area contributed by atoms with Crippen molar-refractivity contribution in [2.75, 3.05) is 18.1 Å². The number of ether oxygens (including phenoxy) is 1. The average molecular weight is 323 g/mol. The second-order valence-corrected chi connectivity index (χ2v) is 8.29. The van der Waals surface area contributed by atoms with Gasteiger partial charge in [-0.1, -0.05) is 6.92 Å². The summed E-state index contributed by atoms with van der Waals surface area (Å²) in [6, 6.07) is 9.17. The molecule has 1 aliphatic rings. The zero-order chi connectivity index (χ0) is 15.0. The van der Waals surface area contributed by atoms with E-state index in [0.717, 1.165) is 12.1 Å². The van der Waals surface area contributed by atoms with E-state index in [1.165, 1.54) is 16.0 Å². The highest BCUT2D eigenvalue weighted by Crippen LogP contribution is 2.37. The molecule has 3 rings (SSSR count). The van der Waals surface area contributed by atoms with E-state index in [9.17, 15) is 8.42 Å². The number of aryl methyl sites for hydroxylation is 1.